The van der Waals surface area contributed by atoms with E-state index in [0.717, 1.165) is 6.42 Å². The van der Waals surface area contributed by atoms with Gasteiger partial charge in [-0.3, -0.25) is 14.4 Å². The number of aliphatic hydroxyl groups excluding tert-OH is 1. The summed E-state index contributed by atoms with van der Waals surface area (Å²) in [7, 11) is 0. The van der Waals surface area contributed by atoms with Crippen LogP contribution in [0.25, 0.3) is 0 Å². The summed E-state index contributed by atoms with van der Waals surface area (Å²) in [6.07, 6.45) is 4.59. The highest BCUT2D eigenvalue weighted by Crippen LogP contribution is 2.71. The van der Waals surface area contributed by atoms with E-state index >= 15 is 0 Å². The fourth-order valence-electron chi connectivity index (χ4n) is 5.49. The summed E-state index contributed by atoms with van der Waals surface area (Å²) in [6.45, 7) is 13.5. The van der Waals surface area contributed by atoms with E-state index in [1.807, 2.05) is 20.8 Å². The van der Waals surface area contributed by atoms with Crippen molar-refractivity contribution < 1.29 is 24.2 Å². The Morgan fingerprint density at radius 3 is 2.63 bits per heavy atom. The Hall–Kier alpha value is -1.80. The first-order valence-corrected chi connectivity index (χ1v) is 11.3. The Morgan fingerprint density at radius 2 is 2.07 bits per heavy atom. The van der Waals surface area contributed by atoms with Crippen LogP contribution in [-0.4, -0.2) is 80.6 Å². The Labute approximate surface area is 182 Å². The molecule has 1 spiro atoms. The molecular formula is C22H32N2O5S. The average Bonchev–Trinajstić information content (AvgIpc) is 3.25. The zero-order valence-corrected chi connectivity index (χ0v) is 18.8. The minimum atomic E-state index is -0.714. The van der Waals surface area contributed by atoms with Crippen molar-refractivity contribution in [1.29, 1.82) is 0 Å². The Kier molecular flexibility index (Phi) is 6.39. The van der Waals surface area contributed by atoms with Gasteiger partial charge < -0.3 is 19.6 Å². The van der Waals surface area contributed by atoms with Gasteiger partial charge in [-0.1, -0.05) is 18.7 Å². The molecule has 166 valence electrons. The lowest BCUT2D eigenvalue weighted by Gasteiger charge is -2.38. The molecule has 2 unspecified atom stereocenters. The summed E-state index contributed by atoms with van der Waals surface area (Å²) in [4.78, 5) is 43.5. The van der Waals surface area contributed by atoms with Crippen LogP contribution in [-0.2, 0) is 19.1 Å². The van der Waals surface area contributed by atoms with E-state index in [2.05, 4.69) is 13.2 Å². The fourth-order valence-corrected chi connectivity index (χ4v) is 7.83. The van der Waals surface area contributed by atoms with E-state index < -0.39 is 33.3 Å². The second-order valence-electron chi connectivity index (χ2n) is 8.77. The minimum absolute atomic E-state index is 0.0652. The van der Waals surface area contributed by atoms with Gasteiger partial charge in [0.2, 0.25) is 11.8 Å². The maximum absolute atomic E-state index is 13.7. The summed E-state index contributed by atoms with van der Waals surface area (Å²) in [6, 6.07) is -0.780. The van der Waals surface area contributed by atoms with Crippen molar-refractivity contribution in [3.8, 4) is 0 Å². The molecule has 0 aliphatic carbocycles. The molecule has 3 heterocycles. The summed E-state index contributed by atoms with van der Waals surface area (Å²) < 4.78 is 4.22. The number of thioether (sulfide) groups is 1. The molecule has 0 aromatic rings. The molecule has 3 fully saturated rings. The molecule has 30 heavy (non-hydrogen) atoms. The van der Waals surface area contributed by atoms with Crippen LogP contribution in [0.1, 0.15) is 33.6 Å². The van der Waals surface area contributed by atoms with Gasteiger partial charge in [0.05, 0.1) is 23.2 Å². The van der Waals surface area contributed by atoms with Gasteiger partial charge in [-0.25, -0.2) is 0 Å². The number of hydrogen-bond acceptors (Lipinski definition) is 6. The third-order valence-electron chi connectivity index (χ3n) is 6.68. The number of nitrogens with zero attached hydrogens (tertiary/aromatic N) is 2. The lowest BCUT2D eigenvalue weighted by Crippen LogP contribution is -2.56. The quantitative estimate of drug-likeness (QED) is 0.437. The fraction of sp³-hybridized carbons (Fsp3) is 0.682. The lowest BCUT2D eigenvalue weighted by molar-refractivity contribution is -0.154. The number of amides is 2. The average molecular weight is 437 g/mol. The SMILES string of the molecule is C=CCOC(=O)[C@H]1[C@H]2C(=O)N(CCO)C(C(=O)N(CC=C)C(C)C)C23CC[C@]1(C)S3. The first-order valence-electron chi connectivity index (χ1n) is 10.5. The molecule has 5 atom stereocenters. The number of ether oxygens (including phenoxy) is 1. The van der Waals surface area contributed by atoms with Gasteiger partial charge in [-0.05, 0) is 33.6 Å². The van der Waals surface area contributed by atoms with E-state index in [1.165, 1.54) is 11.0 Å². The number of fused-ring (bicyclic) bond motifs is 1. The van der Waals surface area contributed by atoms with Crippen molar-refractivity contribution in [2.24, 2.45) is 11.8 Å². The van der Waals surface area contributed by atoms with Crippen molar-refractivity contribution >= 4 is 29.5 Å². The number of rotatable bonds is 9. The van der Waals surface area contributed by atoms with Gasteiger partial charge in [0, 0.05) is 23.9 Å². The summed E-state index contributed by atoms with van der Waals surface area (Å²) >= 11 is 1.59. The zero-order chi connectivity index (χ0) is 22.3. The largest absolute Gasteiger partial charge is 0.461 e. The van der Waals surface area contributed by atoms with E-state index in [9.17, 15) is 19.5 Å². The van der Waals surface area contributed by atoms with Crippen LogP contribution in [0.15, 0.2) is 25.3 Å². The zero-order valence-electron chi connectivity index (χ0n) is 18.0. The number of carbonyl (C=O) groups excluding carboxylic acids is 3. The predicted molar refractivity (Wildman–Crippen MR) is 116 cm³/mol. The molecule has 0 radical (unpaired) electrons. The first kappa shape index (κ1) is 22.9. The van der Waals surface area contributed by atoms with Crippen molar-refractivity contribution in [2.45, 2.75) is 55.2 Å². The van der Waals surface area contributed by atoms with Crippen LogP contribution in [0.3, 0.4) is 0 Å². The third-order valence-corrected chi connectivity index (χ3v) is 8.67. The topological polar surface area (TPSA) is 87.1 Å². The number of aliphatic hydroxyl groups is 1. The molecule has 7 nitrogen and oxygen atoms in total. The molecule has 3 aliphatic heterocycles. The number of β-amino-alcohol motifs (C(OH)–C–C–N with tert-alkyl or cyclic N) is 1. The van der Waals surface area contributed by atoms with Crippen molar-refractivity contribution in [2.75, 3.05) is 26.3 Å². The van der Waals surface area contributed by atoms with Crippen LogP contribution >= 0.6 is 11.8 Å². The highest BCUT2D eigenvalue weighted by Gasteiger charge is 2.77. The molecule has 3 saturated heterocycles. The minimum Gasteiger partial charge on any atom is -0.461 e. The summed E-state index contributed by atoms with van der Waals surface area (Å²) in [5, 5.41) is 9.62. The van der Waals surface area contributed by atoms with E-state index in [4.69, 9.17) is 4.74 Å². The van der Waals surface area contributed by atoms with E-state index in [-0.39, 0.29) is 37.6 Å². The van der Waals surface area contributed by atoms with Gasteiger partial charge in [0.25, 0.3) is 0 Å². The van der Waals surface area contributed by atoms with Crippen LogP contribution in [0, 0.1) is 11.8 Å². The van der Waals surface area contributed by atoms with Crippen LogP contribution in [0.2, 0.25) is 0 Å². The van der Waals surface area contributed by atoms with E-state index in [0.29, 0.717) is 13.0 Å². The Bertz CT molecular complexity index is 756. The normalized spacial score (nSPS) is 34.2. The molecule has 3 aliphatic rings. The van der Waals surface area contributed by atoms with Crippen molar-refractivity contribution in [3.63, 3.8) is 0 Å². The molecule has 2 bridgehead atoms. The molecule has 0 aromatic heterocycles. The maximum Gasteiger partial charge on any atom is 0.311 e. The number of carbonyl (C=O) groups is 3. The van der Waals surface area contributed by atoms with E-state index in [1.54, 1.807) is 22.7 Å². The highest BCUT2D eigenvalue weighted by molar-refractivity contribution is 8.02. The van der Waals surface area contributed by atoms with Gasteiger partial charge in [-0.15, -0.1) is 18.3 Å². The van der Waals surface area contributed by atoms with Gasteiger partial charge >= 0.3 is 5.97 Å². The molecule has 0 aromatic carbocycles. The van der Waals surface area contributed by atoms with Crippen molar-refractivity contribution in [3.05, 3.63) is 25.3 Å². The Morgan fingerprint density at radius 1 is 1.37 bits per heavy atom. The second kappa shape index (κ2) is 8.38. The molecule has 1 N–H and O–H groups in total. The number of hydrogen-bond donors (Lipinski definition) is 1. The first-order chi connectivity index (χ1) is 14.2. The third kappa shape index (κ3) is 3.28. The summed E-state index contributed by atoms with van der Waals surface area (Å²) in [5.41, 5.74) is 0. The second-order valence-corrected chi connectivity index (χ2v) is 10.7. The molecular weight excluding hydrogens is 404 g/mol. The molecule has 2 amide bonds. The van der Waals surface area contributed by atoms with Gasteiger partial charge in [0.1, 0.15) is 12.6 Å². The number of likely N-dealkylation sites (tertiary alicyclic amines) is 1. The predicted octanol–water partition coefficient (Wildman–Crippen LogP) is 1.61. The maximum atomic E-state index is 13.7. The highest BCUT2D eigenvalue weighted by atomic mass is 32.2. The van der Waals surface area contributed by atoms with Gasteiger partial charge in [-0.2, -0.15) is 0 Å². The molecule has 8 heteroatoms. The van der Waals surface area contributed by atoms with Crippen LogP contribution in [0.4, 0.5) is 0 Å². The monoisotopic (exact) mass is 436 g/mol. The molecule has 3 rings (SSSR count). The summed E-state index contributed by atoms with van der Waals surface area (Å²) in [5.74, 6) is -2.03. The standard InChI is InChI=1S/C22H32N2O5S/c1-6-10-23(14(3)4)19(27)17-22-9-8-21(5,30-22)16(20(28)29-13-7-2)15(22)18(26)24(17)11-12-25/h6-7,14-17,25H,1-2,8-13H2,3-5H3/t15-,16+,17?,21-,22?/m0/s1. The molecule has 0 saturated carbocycles. The Balaban J connectivity index is 2.05. The van der Waals surface area contributed by atoms with Crippen molar-refractivity contribution in [1.82, 2.24) is 9.80 Å². The van der Waals surface area contributed by atoms with Gasteiger partial charge in [0.15, 0.2) is 0 Å². The van der Waals surface area contributed by atoms with Crippen LogP contribution in [0.5, 0.6) is 0 Å². The smallest absolute Gasteiger partial charge is 0.311 e. The lowest BCUT2D eigenvalue weighted by atomic mass is 9.66. The van der Waals surface area contributed by atoms with Crippen LogP contribution < -0.4 is 0 Å². The number of esters is 1.